The molecule has 4 aromatic rings. The first-order valence-electron chi connectivity index (χ1n) is 16.1. The Hall–Kier alpha value is -3.90. The van der Waals surface area contributed by atoms with E-state index in [1.807, 2.05) is 18.2 Å². The fraction of sp³-hybridized carbons (Fsp3) is 0.457. The van der Waals surface area contributed by atoms with Gasteiger partial charge in [-0.15, -0.1) is 0 Å². The molecule has 0 aliphatic carbocycles. The first-order chi connectivity index (χ1) is 22.5. The van der Waals surface area contributed by atoms with Crippen molar-refractivity contribution in [3.05, 3.63) is 88.1 Å². The lowest BCUT2D eigenvalue weighted by Gasteiger charge is -2.37. The molecule has 0 amide bonds. The normalized spacial score (nSPS) is 23.2. The lowest BCUT2D eigenvalue weighted by atomic mass is 9.82. The molecule has 240 valence electrons. The fourth-order valence-electron chi connectivity index (χ4n) is 7.09. The molecule has 0 bridgehead atoms. The lowest BCUT2D eigenvalue weighted by molar-refractivity contribution is -0.0592. The highest BCUT2D eigenvalue weighted by atomic mass is 19.1. The van der Waals surface area contributed by atoms with Crippen LogP contribution in [0.2, 0.25) is 0 Å². The number of halogens is 1. The molecule has 0 radical (unpaired) electrons. The number of likely N-dealkylation sites (tertiary alicyclic amines) is 1. The highest BCUT2D eigenvalue weighted by Gasteiger charge is 2.36. The van der Waals surface area contributed by atoms with E-state index in [1.54, 1.807) is 30.3 Å². The van der Waals surface area contributed by atoms with Crippen LogP contribution >= 0.6 is 0 Å². The first-order valence-corrected chi connectivity index (χ1v) is 16.1. The van der Waals surface area contributed by atoms with E-state index >= 15 is 0 Å². The van der Waals surface area contributed by atoms with Gasteiger partial charge in [-0.25, -0.2) is 19.2 Å². The van der Waals surface area contributed by atoms with Crippen LogP contribution in [0.25, 0.3) is 11.0 Å². The van der Waals surface area contributed by atoms with Crippen molar-refractivity contribution in [2.75, 3.05) is 39.5 Å². The number of nitrogens with zero attached hydrogens (tertiary/aromatic N) is 4. The number of pyridine rings is 1. The summed E-state index contributed by atoms with van der Waals surface area (Å²) in [6, 6.07) is 14.3. The standard InChI is InChI=1S/C35H37FN4O6/c36-29-11-21(26-18-44-19-26)1-2-23(29)20-46-33-6-4-24-16-43-17-25-13-39(9-7-28(25)34(24)38-33)15-32-37-30-5-3-22(35(41)42)12-31(30)40(32)14-27-8-10-45-27/h1-6,11-12,25-28H,7-10,13-20H2,(H,41,42)/t25-,27+,28?/m1/s1. The number of benzene rings is 2. The van der Waals surface area contributed by atoms with Gasteiger partial charge < -0.3 is 28.6 Å². The maximum Gasteiger partial charge on any atom is 0.335 e. The van der Waals surface area contributed by atoms with Crippen molar-refractivity contribution in [3.8, 4) is 5.88 Å². The van der Waals surface area contributed by atoms with Crippen molar-refractivity contribution in [1.29, 1.82) is 0 Å². The fourth-order valence-corrected chi connectivity index (χ4v) is 7.09. The van der Waals surface area contributed by atoms with Gasteiger partial charge in [0.2, 0.25) is 5.88 Å². The highest BCUT2D eigenvalue weighted by Crippen LogP contribution is 2.38. The SMILES string of the molecule is O=C(O)c1ccc2nc(CN3CCC4c5nc(OCc6ccc(C7COC7)cc6F)ccc5COC[C@H]4C3)n(C[C@@H]3CCO3)c2c1. The van der Waals surface area contributed by atoms with E-state index in [0.29, 0.717) is 51.0 Å². The van der Waals surface area contributed by atoms with Crippen molar-refractivity contribution in [1.82, 2.24) is 19.4 Å². The second-order valence-corrected chi connectivity index (χ2v) is 12.9. The molecule has 1 unspecified atom stereocenters. The smallest absolute Gasteiger partial charge is 0.335 e. The van der Waals surface area contributed by atoms with E-state index in [0.717, 1.165) is 66.2 Å². The number of aromatic carboxylic acids is 1. The maximum absolute atomic E-state index is 14.8. The Labute approximate surface area is 266 Å². The number of hydrogen-bond donors (Lipinski definition) is 1. The second kappa shape index (κ2) is 12.4. The molecule has 4 aliphatic rings. The average molecular weight is 629 g/mol. The molecule has 3 saturated heterocycles. The van der Waals surface area contributed by atoms with Crippen LogP contribution in [-0.4, -0.2) is 76.1 Å². The van der Waals surface area contributed by atoms with Crippen LogP contribution in [0, 0.1) is 11.7 Å². The minimum Gasteiger partial charge on any atom is -0.478 e. The Balaban J connectivity index is 0.973. The van der Waals surface area contributed by atoms with Crippen LogP contribution < -0.4 is 4.74 Å². The van der Waals surface area contributed by atoms with Gasteiger partial charge in [0, 0.05) is 42.5 Å². The summed E-state index contributed by atoms with van der Waals surface area (Å²) in [6.07, 6.45) is 2.01. The van der Waals surface area contributed by atoms with Gasteiger partial charge in [-0.05, 0) is 60.8 Å². The largest absolute Gasteiger partial charge is 0.478 e. The van der Waals surface area contributed by atoms with Gasteiger partial charge in [-0.3, -0.25) is 4.90 Å². The van der Waals surface area contributed by atoms with Gasteiger partial charge in [-0.2, -0.15) is 0 Å². The number of fused-ring (bicyclic) bond motifs is 4. The molecule has 8 rings (SSSR count). The minimum atomic E-state index is -0.949. The number of piperidine rings is 1. The van der Waals surface area contributed by atoms with Crippen molar-refractivity contribution >= 4 is 17.0 Å². The Bertz CT molecular complexity index is 1770. The first kappa shape index (κ1) is 29.5. The lowest BCUT2D eigenvalue weighted by Crippen LogP contribution is -2.41. The van der Waals surface area contributed by atoms with Gasteiger partial charge in [0.05, 0.1) is 67.9 Å². The molecular formula is C35H37FN4O6. The molecule has 2 aromatic heterocycles. The summed E-state index contributed by atoms with van der Waals surface area (Å²) >= 11 is 0. The number of carboxylic acid groups (broad SMARTS) is 1. The topological polar surface area (TPSA) is 108 Å². The van der Waals surface area contributed by atoms with Gasteiger partial charge in [0.15, 0.2) is 0 Å². The summed E-state index contributed by atoms with van der Waals surface area (Å²) < 4.78 is 40.1. The molecule has 6 heterocycles. The van der Waals surface area contributed by atoms with Gasteiger partial charge in [-0.1, -0.05) is 12.1 Å². The summed E-state index contributed by atoms with van der Waals surface area (Å²) in [4.78, 5) is 24.0. The van der Waals surface area contributed by atoms with Crippen molar-refractivity contribution in [2.24, 2.45) is 5.92 Å². The molecule has 2 aromatic carbocycles. The Morgan fingerprint density at radius 1 is 1.04 bits per heavy atom. The number of imidazole rings is 1. The minimum absolute atomic E-state index is 0.109. The number of carbonyl (C=O) groups is 1. The van der Waals surface area contributed by atoms with Crippen LogP contribution in [0.5, 0.6) is 5.88 Å². The van der Waals surface area contributed by atoms with Crippen molar-refractivity contribution in [2.45, 2.75) is 57.1 Å². The third kappa shape index (κ3) is 5.77. The van der Waals surface area contributed by atoms with Gasteiger partial charge in [0.25, 0.3) is 0 Å². The number of aromatic nitrogens is 3. The third-order valence-corrected chi connectivity index (χ3v) is 9.93. The van der Waals surface area contributed by atoms with E-state index < -0.39 is 5.97 Å². The van der Waals surface area contributed by atoms with E-state index in [9.17, 15) is 14.3 Å². The Kier molecular flexibility index (Phi) is 7.93. The van der Waals surface area contributed by atoms with E-state index in [2.05, 4.69) is 9.47 Å². The van der Waals surface area contributed by atoms with Gasteiger partial charge in [0.1, 0.15) is 18.2 Å². The van der Waals surface area contributed by atoms with Crippen LogP contribution in [0.4, 0.5) is 4.39 Å². The monoisotopic (exact) mass is 628 g/mol. The van der Waals surface area contributed by atoms with Crippen LogP contribution in [0.15, 0.2) is 48.5 Å². The average Bonchev–Trinajstić information content (AvgIpc) is 3.22. The van der Waals surface area contributed by atoms with E-state index in [-0.39, 0.29) is 41.8 Å². The summed E-state index contributed by atoms with van der Waals surface area (Å²) in [5.41, 5.74) is 5.42. The Morgan fingerprint density at radius 2 is 1.93 bits per heavy atom. The van der Waals surface area contributed by atoms with Crippen LogP contribution in [0.3, 0.4) is 0 Å². The zero-order valence-electron chi connectivity index (χ0n) is 25.6. The summed E-state index contributed by atoms with van der Waals surface area (Å²) in [7, 11) is 0. The molecule has 3 atom stereocenters. The quantitative estimate of drug-likeness (QED) is 0.277. The third-order valence-electron chi connectivity index (χ3n) is 9.93. The molecule has 0 saturated carbocycles. The predicted molar refractivity (Wildman–Crippen MR) is 165 cm³/mol. The molecule has 0 spiro atoms. The Morgan fingerprint density at radius 3 is 2.70 bits per heavy atom. The zero-order valence-corrected chi connectivity index (χ0v) is 25.6. The van der Waals surface area contributed by atoms with Gasteiger partial charge >= 0.3 is 5.97 Å². The number of carboxylic acids is 1. The van der Waals surface area contributed by atoms with Crippen LogP contribution in [0.1, 0.15) is 63.2 Å². The molecule has 11 heteroatoms. The number of ether oxygens (including phenoxy) is 4. The molecule has 3 fully saturated rings. The van der Waals surface area contributed by atoms with Crippen molar-refractivity contribution in [3.63, 3.8) is 0 Å². The molecule has 10 nitrogen and oxygen atoms in total. The molecule has 1 N–H and O–H groups in total. The maximum atomic E-state index is 14.8. The molecule has 46 heavy (non-hydrogen) atoms. The highest BCUT2D eigenvalue weighted by molar-refractivity contribution is 5.92. The second-order valence-electron chi connectivity index (χ2n) is 12.9. The van der Waals surface area contributed by atoms with E-state index in [1.165, 1.54) is 0 Å². The molecular weight excluding hydrogens is 591 g/mol. The summed E-state index contributed by atoms with van der Waals surface area (Å²) in [6.45, 7) is 6.27. The summed E-state index contributed by atoms with van der Waals surface area (Å²) in [5.74, 6) is 0.920. The number of rotatable bonds is 9. The number of hydrogen-bond acceptors (Lipinski definition) is 8. The molecule has 4 aliphatic heterocycles. The van der Waals surface area contributed by atoms with Crippen LogP contribution in [-0.2, 0) is 40.5 Å². The van der Waals surface area contributed by atoms with E-state index in [4.69, 9.17) is 28.9 Å². The van der Waals surface area contributed by atoms with Crippen molar-refractivity contribution < 1.29 is 33.2 Å². The summed E-state index contributed by atoms with van der Waals surface area (Å²) in [5, 5.41) is 9.58. The predicted octanol–water partition coefficient (Wildman–Crippen LogP) is 4.89. The zero-order chi connectivity index (χ0) is 31.2.